The molecule has 4 N–H and O–H groups in total. The number of nitrogens with one attached hydrogen (secondary N) is 1. The van der Waals surface area contributed by atoms with E-state index < -0.39 is 29.2 Å². The number of thiazole rings is 1. The minimum atomic E-state index is -1.12. The van der Waals surface area contributed by atoms with Crippen LogP contribution in [0, 0.1) is 0 Å². The number of anilines is 1. The van der Waals surface area contributed by atoms with Gasteiger partial charge in [0.05, 0.1) is 0 Å². The summed E-state index contributed by atoms with van der Waals surface area (Å²) in [6.45, 7) is 0.989. The zero-order valence-electron chi connectivity index (χ0n) is 17.6. The third-order valence-electron chi connectivity index (χ3n) is 5.85. The van der Waals surface area contributed by atoms with Crippen molar-refractivity contribution in [3.05, 3.63) is 22.3 Å². The maximum Gasteiger partial charge on any atom is 0.352 e. The molecule has 0 saturated carbocycles. The maximum atomic E-state index is 12.9. The molecule has 3 aliphatic rings. The lowest BCUT2D eigenvalue weighted by Gasteiger charge is -2.49. The number of nitrogens with zero attached hydrogens (tertiary/aromatic N) is 4. The van der Waals surface area contributed by atoms with Crippen molar-refractivity contribution in [1.29, 1.82) is 0 Å². The highest BCUT2D eigenvalue weighted by atomic mass is 32.2. The quantitative estimate of drug-likeness (QED) is 0.284. The molecule has 32 heavy (non-hydrogen) atoms. The van der Waals surface area contributed by atoms with Gasteiger partial charge in [-0.25, -0.2) is 9.78 Å². The highest BCUT2D eigenvalue weighted by Crippen LogP contribution is 2.42. The smallest absolute Gasteiger partial charge is 0.352 e. The molecule has 3 aliphatic heterocycles. The first-order valence-electron chi connectivity index (χ1n) is 10.1. The van der Waals surface area contributed by atoms with Gasteiger partial charge in [0.1, 0.15) is 29.9 Å². The number of aliphatic carboxylic acids is 1. The molecule has 172 valence electrons. The van der Waals surface area contributed by atoms with Crippen LogP contribution in [-0.4, -0.2) is 87.3 Å². The number of carbonyl (C=O) groups excluding carboxylic acids is 2. The van der Waals surface area contributed by atoms with Crippen molar-refractivity contribution >= 4 is 51.7 Å². The summed E-state index contributed by atoms with van der Waals surface area (Å²) >= 11 is 2.60. The predicted octanol–water partition coefficient (Wildman–Crippen LogP) is 0.299. The molecule has 1 aromatic rings. The average Bonchev–Trinajstić information content (AvgIpc) is 3.37. The topological polar surface area (TPSA) is 150 Å². The summed E-state index contributed by atoms with van der Waals surface area (Å²) in [5, 5.41) is 17.6. The summed E-state index contributed by atoms with van der Waals surface area (Å²) in [4.78, 5) is 50.1. The van der Waals surface area contributed by atoms with E-state index in [1.54, 1.807) is 5.38 Å². The number of β-lactam (4-membered cyclic amide) rings is 1. The Bertz CT molecular complexity index is 1010. The Labute approximate surface area is 192 Å². The number of aromatic nitrogens is 1. The van der Waals surface area contributed by atoms with Crippen molar-refractivity contribution in [3.8, 4) is 0 Å². The van der Waals surface area contributed by atoms with Gasteiger partial charge >= 0.3 is 5.97 Å². The molecule has 2 amide bonds. The van der Waals surface area contributed by atoms with Crippen molar-refractivity contribution in [3.63, 3.8) is 0 Å². The lowest BCUT2D eigenvalue weighted by atomic mass is 9.98. The highest BCUT2D eigenvalue weighted by molar-refractivity contribution is 8.00. The SMILES string of the molecule is CO/N=C(\C(=O)N[C@@H]1C(=O)N2C(C(=O)O)=C(CC3CCCN3C)CS[C@H]12)c1csc(N)n1. The van der Waals surface area contributed by atoms with Crippen molar-refractivity contribution < 1.29 is 24.3 Å². The Morgan fingerprint density at radius 3 is 2.84 bits per heavy atom. The molecule has 4 rings (SSSR count). The van der Waals surface area contributed by atoms with Gasteiger partial charge in [0, 0.05) is 17.2 Å². The van der Waals surface area contributed by atoms with E-state index in [0.29, 0.717) is 12.2 Å². The summed E-state index contributed by atoms with van der Waals surface area (Å²) in [6, 6.07) is -0.586. The molecule has 2 fully saturated rings. The summed E-state index contributed by atoms with van der Waals surface area (Å²) < 4.78 is 0. The van der Waals surface area contributed by atoms with E-state index >= 15 is 0 Å². The number of likely N-dealkylation sites (tertiary alicyclic amines) is 1. The van der Waals surface area contributed by atoms with Crippen molar-refractivity contribution in [1.82, 2.24) is 20.1 Å². The molecule has 0 spiro atoms. The van der Waals surface area contributed by atoms with E-state index in [0.717, 1.165) is 36.3 Å². The predicted molar refractivity (Wildman–Crippen MR) is 120 cm³/mol. The Morgan fingerprint density at radius 1 is 1.47 bits per heavy atom. The minimum absolute atomic E-state index is 0.0441. The van der Waals surface area contributed by atoms with E-state index in [4.69, 9.17) is 10.6 Å². The van der Waals surface area contributed by atoms with Crippen molar-refractivity contribution in [2.75, 3.05) is 32.2 Å². The number of nitrogen functional groups attached to an aromatic ring is 1. The van der Waals surface area contributed by atoms with Gasteiger partial charge in [-0.1, -0.05) is 5.16 Å². The fraction of sp³-hybridized carbons (Fsp3) is 0.526. The summed E-state index contributed by atoms with van der Waals surface area (Å²) in [6.07, 6.45) is 2.71. The Morgan fingerprint density at radius 2 is 2.25 bits per heavy atom. The Kier molecular flexibility index (Phi) is 6.40. The number of rotatable bonds is 7. The number of nitrogens with two attached hydrogens (primary N) is 1. The summed E-state index contributed by atoms with van der Waals surface area (Å²) in [7, 11) is 3.33. The second-order valence-electron chi connectivity index (χ2n) is 7.79. The van der Waals surface area contributed by atoms with E-state index in [1.165, 1.54) is 23.8 Å². The van der Waals surface area contributed by atoms with Gasteiger partial charge in [-0.2, -0.15) is 0 Å². The van der Waals surface area contributed by atoms with Gasteiger partial charge in [-0.05, 0) is 38.4 Å². The van der Waals surface area contributed by atoms with Crippen LogP contribution in [0.3, 0.4) is 0 Å². The fourth-order valence-corrected chi connectivity index (χ4v) is 6.17. The lowest BCUT2D eigenvalue weighted by molar-refractivity contribution is -0.150. The number of carboxylic acids is 1. The summed E-state index contributed by atoms with van der Waals surface area (Å²) in [5.41, 5.74) is 6.57. The number of fused-ring (bicyclic) bond motifs is 1. The van der Waals surface area contributed by atoms with Gasteiger partial charge in [-0.15, -0.1) is 23.1 Å². The first-order chi connectivity index (χ1) is 15.3. The van der Waals surface area contributed by atoms with E-state index in [1.807, 2.05) is 7.05 Å². The molecule has 0 bridgehead atoms. The third kappa shape index (κ3) is 4.07. The Hall–Kier alpha value is -2.64. The second-order valence-corrected chi connectivity index (χ2v) is 9.79. The van der Waals surface area contributed by atoms with Crippen molar-refractivity contribution in [2.45, 2.75) is 36.7 Å². The van der Waals surface area contributed by atoms with Gasteiger partial charge in [0.15, 0.2) is 10.8 Å². The fourth-order valence-electron chi connectivity index (χ4n) is 4.26. The number of thioether (sulfide) groups is 1. The van der Waals surface area contributed by atoms with Crippen LogP contribution < -0.4 is 11.1 Å². The molecule has 11 nitrogen and oxygen atoms in total. The molecule has 1 aromatic heterocycles. The molecular formula is C19H24N6O5S2. The van der Waals surface area contributed by atoms with Crippen LogP contribution in [0.25, 0.3) is 0 Å². The van der Waals surface area contributed by atoms with Gasteiger partial charge in [-0.3, -0.25) is 14.5 Å². The number of hydrogen-bond donors (Lipinski definition) is 3. The van der Waals surface area contributed by atoms with Crippen molar-refractivity contribution in [2.24, 2.45) is 5.16 Å². The van der Waals surface area contributed by atoms with Gasteiger partial charge in [0.2, 0.25) is 0 Å². The van der Waals surface area contributed by atoms with E-state index in [2.05, 4.69) is 20.4 Å². The average molecular weight is 481 g/mol. The maximum absolute atomic E-state index is 12.9. The van der Waals surface area contributed by atoms with Crippen LogP contribution in [0.2, 0.25) is 0 Å². The zero-order chi connectivity index (χ0) is 23.0. The molecule has 1 unspecified atom stereocenters. The molecule has 3 atom stereocenters. The second kappa shape index (κ2) is 9.08. The summed E-state index contributed by atoms with van der Waals surface area (Å²) in [5.74, 6) is -1.73. The van der Waals surface area contributed by atoms with E-state index in [-0.39, 0.29) is 28.3 Å². The highest BCUT2D eigenvalue weighted by Gasteiger charge is 2.54. The monoisotopic (exact) mass is 480 g/mol. The normalized spacial score (nSPS) is 26.1. The molecule has 0 aliphatic carbocycles. The van der Waals surface area contributed by atoms with Crippen LogP contribution in [0.5, 0.6) is 0 Å². The zero-order valence-corrected chi connectivity index (χ0v) is 19.2. The van der Waals surface area contributed by atoms with Gasteiger partial charge in [0.25, 0.3) is 11.8 Å². The molecular weight excluding hydrogens is 456 g/mol. The van der Waals surface area contributed by atoms with Crippen LogP contribution in [0.1, 0.15) is 25.0 Å². The first kappa shape index (κ1) is 22.6. The number of hydrogen-bond acceptors (Lipinski definition) is 10. The standard InChI is InChI=1S/C19H24N6O5S2/c1-24-5-3-4-10(24)6-9-7-31-17-13(16(27)25(17)14(9)18(28)29)22-15(26)12(23-30-2)11-8-32-19(20)21-11/h8,10,13,17H,3-7H2,1-2H3,(H2,20,21)(H,22,26)(H,28,29)/b23-12-/t10?,13-,17-/m1/s1. The van der Waals surface area contributed by atoms with Crippen LogP contribution >= 0.6 is 23.1 Å². The molecule has 0 radical (unpaired) electrons. The molecule has 4 heterocycles. The largest absolute Gasteiger partial charge is 0.477 e. The van der Waals surface area contributed by atoms with Gasteiger partial charge < -0.3 is 25.9 Å². The minimum Gasteiger partial charge on any atom is -0.477 e. The third-order valence-corrected chi connectivity index (χ3v) is 7.87. The number of oxime groups is 1. The first-order valence-corrected chi connectivity index (χ1v) is 12.0. The lowest BCUT2D eigenvalue weighted by Crippen LogP contribution is -2.71. The number of carboxylic acid groups (broad SMARTS) is 1. The number of amides is 2. The Balaban J connectivity index is 1.50. The van der Waals surface area contributed by atoms with E-state index in [9.17, 15) is 19.5 Å². The molecule has 2 saturated heterocycles. The van der Waals surface area contributed by atoms with Crippen LogP contribution in [-0.2, 0) is 19.2 Å². The van der Waals surface area contributed by atoms with Crippen LogP contribution in [0.4, 0.5) is 5.13 Å². The van der Waals surface area contributed by atoms with Crippen LogP contribution in [0.15, 0.2) is 21.8 Å². The molecule has 13 heteroatoms. The number of carbonyl (C=O) groups is 3. The molecule has 0 aromatic carbocycles.